The van der Waals surface area contributed by atoms with E-state index in [9.17, 15) is 9.59 Å². The van der Waals surface area contributed by atoms with E-state index in [0.717, 1.165) is 0 Å². The lowest BCUT2D eigenvalue weighted by Gasteiger charge is -1.84. The lowest BCUT2D eigenvalue weighted by Crippen LogP contribution is -2.22. The summed E-state index contributed by atoms with van der Waals surface area (Å²) in [6, 6.07) is 0. The minimum absolute atomic E-state index is 0.221. The fraction of sp³-hybridized carbons (Fsp3) is 0. The zero-order valence-electron chi connectivity index (χ0n) is 4.39. The molecule has 0 aromatic carbocycles. The van der Waals surface area contributed by atoms with E-state index in [2.05, 4.69) is 5.32 Å². The summed E-state index contributed by atoms with van der Waals surface area (Å²) in [5, 5.41) is 2.75. The van der Waals surface area contributed by atoms with E-state index < -0.39 is 0 Å². The van der Waals surface area contributed by atoms with Crippen LogP contribution in [0.25, 0.3) is 0 Å². The van der Waals surface area contributed by atoms with E-state index in [0.29, 0.717) is 15.4 Å². The SMILES string of the molecule is O=C1C=C([SiH3])C(=O)N1. The molecular formula is C4H5NO2Si. The van der Waals surface area contributed by atoms with Crippen molar-refractivity contribution in [2.75, 3.05) is 0 Å². The molecule has 1 heterocycles. The molecule has 3 nitrogen and oxygen atoms in total. The Morgan fingerprint density at radius 1 is 1.50 bits per heavy atom. The van der Waals surface area contributed by atoms with Crippen molar-refractivity contribution in [3.63, 3.8) is 0 Å². The predicted molar refractivity (Wildman–Crippen MR) is 31.2 cm³/mol. The summed E-state index contributed by atoms with van der Waals surface area (Å²) in [5.41, 5.74) is 0. The van der Waals surface area contributed by atoms with E-state index in [1.807, 2.05) is 0 Å². The third-order valence-electron chi connectivity index (χ3n) is 0.942. The highest BCUT2D eigenvalue weighted by Gasteiger charge is 2.14. The second-order valence-electron chi connectivity index (χ2n) is 1.65. The Morgan fingerprint density at radius 2 is 2.12 bits per heavy atom. The molecule has 0 fully saturated rings. The Labute approximate surface area is 49.2 Å². The molecule has 0 atom stereocenters. The second kappa shape index (κ2) is 1.55. The van der Waals surface area contributed by atoms with Gasteiger partial charge < -0.3 is 0 Å². The fourth-order valence-electron chi connectivity index (χ4n) is 0.509. The highest BCUT2D eigenvalue weighted by Crippen LogP contribution is 1.93. The molecule has 0 saturated heterocycles. The topological polar surface area (TPSA) is 46.2 Å². The Bertz CT molecular complexity index is 184. The molecule has 0 spiro atoms. The van der Waals surface area contributed by atoms with Crippen LogP contribution in [0, 0.1) is 0 Å². The monoisotopic (exact) mass is 127 g/mol. The van der Waals surface area contributed by atoms with Crippen LogP contribution >= 0.6 is 0 Å². The van der Waals surface area contributed by atoms with Crippen LogP contribution in [0.1, 0.15) is 0 Å². The van der Waals surface area contributed by atoms with Crippen LogP contribution in [0.3, 0.4) is 0 Å². The van der Waals surface area contributed by atoms with Gasteiger partial charge in [-0.25, -0.2) is 0 Å². The largest absolute Gasteiger partial charge is 0.289 e. The number of rotatable bonds is 0. The third-order valence-corrected chi connectivity index (χ3v) is 1.69. The first-order valence-electron chi connectivity index (χ1n) is 2.24. The van der Waals surface area contributed by atoms with Crippen molar-refractivity contribution in [1.82, 2.24) is 5.32 Å². The molecule has 0 aromatic heterocycles. The minimum Gasteiger partial charge on any atom is -0.289 e. The fourth-order valence-corrected chi connectivity index (χ4v) is 0.896. The molecule has 1 rings (SSSR count). The van der Waals surface area contributed by atoms with Crippen LogP contribution in [-0.4, -0.2) is 22.1 Å². The molecule has 1 aliphatic rings. The smallest absolute Gasteiger partial charge is 0.250 e. The van der Waals surface area contributed by atoms with Crippen molar-refractivity contribution in [2.45, 2.75) is 0 Å². The Morgan fingerprint density at radius 3 is 2.25 bits per heavy atom. The van der Waals surface area contributed by atoms with Gasteiger partial charge in [-0.2, -0.15) is 0 Å². The summed E-state index contributed by atoms with van der Waals surface area (Å²) in [4.78, 5) is 20.7. The maximum Gasteiger partial charge on any atom is 0.250 e. The van der Waals surface area contributed by atoms with Crippen LogP contribution in [0.4, 0.5) is 0 Å². The van der Waals surface area contributed by atoms with Gasteiger partial charge in [-0.15, -0.1) is 0 Å². The molecule has 0 unspecified atom stereocenters. The quantitative estimate of drug-likeness (QED) is 0.299. The Hall–Kier alpha value is -0.903. The Balaban J connectivity index is 2.88. The average Bonchev–Trinajstić information content (AvgIpc) is 1.85. The molecule has 0 radical (unpaired) electrons. The van der Waals surface area contributed by atoms with Crippen molar-refractivity contribution in [1.29, 1.82) is 0 Å². The summed E-state index contributed by atoms with van der Waals surface area (Å²) in [7, 11) is 0.653. The molecule has 1 N–H and O–H groups in total. The van der Waals surface area contributed by atoms with E-state index in [-0.39, 0.29) is 11.8 Å². The van der Waals surface area contributed by atoms with Crippen molar-refractivity contribution in [3.05, 3.63) is 11.3 Å². The number of imide groups is 1. The van der Waals surface area contributed by atoms with Gasteiger partial charge in [0.1, 0.15) is 0 Å². The average molecular weight is 127 g/mol. The van der Waals surface area contributed by atoms with Crippen molar-refractivity contribution >= 4 is 22.1 Å². The second-order valence-corrected chi connectivity index (χ2v) is 2.72. The van der Waals surface area contributed by atoms with Gasteiger partial charge in [0, 0.05) is 16.3 Å². The van der Waals surface area contributed by atoms with Gasteiger partial charge in [-0.05, 0) is 5.20 Å². The Kier molecular flexibility index (Phi) is 1.02. The molecule has 8 heavy (non-hydrogen) atoms. The summed E-state index contributed by atoms with van der Waals surface area (Å²) in [6.45, 7) is 0. The van der Waals surface area contributed by atoms with E-state index in [4.69, 9.17) is 0 Å². The highest BCUT2D eigenvalue weighted by atomic mass is 28.1. The van der Waals surface area contributed by atoms with Gasteiger partial charge in [-0.3, -0.25) is 14.9 Å². The summed E-state index contributed by atoms with van der Waals surface area (Å²) < 4.78 is 0. The number of nitrogens with one attached hydrogen (secondary N) is 1. The van der Waals surface area contributed by atoms with Crippen LogP contribution in [-0.2, 0) is 9.59 Å². The maximum atomic E-state index is 10.4. The lowest BCUT2D eigenvalue weighted by molar-refractivity contribution is -0.123. The first-order valence-corrected chi connectivity index (χ1v) is 3.24. The summed E-state index contributed by atoms with van der Waals surface area (Å²) in [5.74, 6) is -0.498. The molecule has 0 aliphatic carbocycles. The molecule has 42 valence electrons. The maximum absolute atomic E-state index is 10.4. The number of carbonyl (C=O) groups is 2. The molecule has 4 heteroatoms. The number of carbonyl (C=O) groups excluding carboxylic acids is 2. The van der Waals surface area contributed by atoms with Gasteiger partial charge in [0.05, 0.1) is 0 Å². The number of hydrogen-bond donors (Lipinski definition) is 1. The standard InChI is InChI=1S/C4H5NO2Si/c6-3-1-2(8)4(7)5-3/h1H,8H3,(H,5,6,7). The van der Waals surface area contributed by atoms with Crippen molar-refractivity contribution in [2.24, 2.45) is 0 Å². The van der Waals surface area contributed by atoms with E-state index in [1.165, 1.54) is 6.08 Å². The number of amides is 2. The first kappa shape index (κ1) is 5.24. The van der Waals surface area contributed by atoms with Gasteiger partial charge in [0.15, 0.2) is 0 Å². The zero-order valence-corrected chi connectivity index (χ0v) is 6.39. The molecular weight excluding hydrogens is 122 g/mol. The molecule has 0 bridgehead atoms. The normalized spacial score (nSPS) is 18.8. The first-order chi connectivity index (χ1) is 3.70. The van der Waals surface area contributed by atoms with Crippen molar-refractivity contribution in [3.8, 4) is 0 Å². The minimum atomic E-state index is -0.278. The number of hydrogen-bond acceptors (Lipinski definition) is 2. The molecule has 2 amide bonds. The van der Waals surface area contributed by atoms with Crippen molar-refractivity contribution < 1.29 is 9.59 Å². The third kappa shape index (κ3) is 0.695. The van der Waals surface area contributed by atoms with E-state index in [1.54, 1.807) is 0 Å². The van der Waals surface area contributed by atoms with Crippen LogP contribution < -0.4 is 5.32 Å². The predicted octanol–water partition coefficient (Wildman–Crippen LogP) is -2.11. The summed E-state index contributed by atoms with van der Waals surface area (Å²) in [6.07, 6.45) is 1.34. The molecule has 0 aromatic rings. The van der Waals surface area contributed by atoms with Crippen LogP contribution in [0.5, 0.6) is 0 Å². The van der Waals surface area contributed by atoms with Crippen LogP contribution in [0.15, 0.2) is 11.3 Å². The highest BCUT2D eigenvalue weighted by molar-refractivity contribution is 6.42. The lowest BCUT2D eigenvalue weighted by atomic mass is 10.5. The van der Waals surface area contributed by atoms with Gasteiger partial charge in [0.25, 0.3) is 5.91 Å². The summed E-state index contributed by atoms with van der Waals surface area (Å²) >= 11 is 0. The van der Waals surface area contributed by atoms with Gasteiger partial charge >= 0.3 is 0 Å². The molecule has 1 aliphatic heterocycles. The van der Waals surface area contributed by atoms with Crippen LogP contribution in [0.2, 0.25) is 0 Å². The van der Waals surface area contributed by atoms with Gasteiger partial charge in [-0.1, -0.05) is 0 Å². The van der Waals surface area contributed by atoms with Gasteiger partial charge in [0.2, 0.25) is 5.91 Å². The zero-order chi connectivity index (χ0) is 6.15. The molecule has 0 saturated carbocycles. The van der Waals surface area contributed by atoms with E-state index >= 15 is 0 Å².